The van der Waals surface area contributed by atoms with Gasteiger partial charge in [-0.25, -0.2) is 0 Å². The van der Waals surface area contributed by atoms with Crippen LogP contribution < -0.4 is 0 Å². The van der Waals surface area contributed by atoms with Gasteiger partial charge in [0.05, 0.1) is 5.75 Å². The predicted molar refractivity (Wildman–Crippen MR) is 50.0 cm³/mol. The molecule has 0 saturated heterocycles. The van der Waals surface area contributed by atoms with Gasteiger partial charge in [0.2, 0.25) is 0 Å². The van der Waals surface area contributed by atoms with E-state index in [-0.39, 0.29) is 11.7 Å². The summed E-state index contributed by atoms with van der Waals surface area (Å²) in [4.78, 5) is 0. The third-order valence-corrected chi connectivity index (χ3v) is 4.04. The fraction of sp³-hybridized carbons (Fsp3) is 1.00. The van der Waals surface area contributed by atoms with Gasteiger partial charge in [-0.3, -0.25) is 4.55 Å². The van der Waals surface area contributed by atoms with Crippen LogP contribution in [0.15, 0.2) is 0 Å². The first kappa shape index (κ1) is 9.46. The van der Waals surface area contributed by atoms with Gasteiger partial charge in [0.1, 0.15) is 0 Å². The van der Waals surface area contributed by atoms with Gasteiger partial charge >= 0.3 is 0 Å². The molecule has 2 aliphatic carbocycles. The molecule has 0 amide bonds. The topological polar surface area (TPSA) is 54.4 Å². The highest BCUT2D eigenvalue weighted by molar-refractivity contribution is 7.85. The minimum atomic E-state index is -3.72. The normalized spacial score (nSPS) is 34.2. The summed E-state index contributed by atoms with van der Waals surface area (Å²) < 4.78 is 29.7. The summed E-state index contributed by atoms with van der Waals surface area (Å²) in [5.74, 6) is 1.91. The first-order valence-corrected chi connectivity index (χ1v) is 6.59. The zero-order valence-electron chi connectivity index (χ0n) is 7.65. The maximum atomic E-state index is 10.5. The number of rotatable bonds is 4. The van der Waals surface area contributed by atoms with Gasteiger partial charge in [-0.2, -0.15) is 8.42 Å². The molecule has 0 aliphatic heterocycles. The summed E-state index contributed by atoms with van der Waals surface area (Å²) in [7, 11) is -3.72. The minimum Gasteiger partial charge on any atom is -0.286 e. The summed E-state index contributed by atoms with van der Waals surface area (Å²) >= 11 is 0. The zero-order chi connectivity index (χ0) is 9.47. The monoisotopic (exact) mass is 204 g/mol. The van der Waals surface area contributed by atoms with Crippen molar-refractivity contribution in [3.05, 3.63) is 0 Å². The van der Waals surface area contributed by atoms with Crippen LogP contribution in [-0.2, 0) is 10.1 Å². The Labute approximate surface area is 79.3 Å². The van der Waals surface area contributed by atoms with Crippen LogP contribution in [0.1, 0.15) is 32.1 Å². The van der Waals surface area contributed by atoms with Crippen LogP contribution in [-0.4, -0.2) is 18.7 Å². The highest BCUT2D eigenvalue weighted by Crippen LogP contribution is 2.44. The van der Waals surface area contributed by atoms with Crippen molar-refractivity contribution in [3.63, 3.8) is 0 Å². The van der Waals surface area contributed by atoms with E-state index < -0.39 is 10.1 Å². The summed E-state index contributed by atoms with van der Waals surface area (Å²) in [6.45, 7) is 0. The van der Waals surface area contributed by atoms with Gasteiger partial charge in [0.15, 0.2) is 0 Å². The molecule has 0 aromatic rings. The van der Waals surface area contributed by atoms with Crippen LogP contribution in [0.25, 0.3) is 0 Å². The molecule has 4 heteroatoms. The first-order valence-electron chi connectivity index (χ1n) is 4.98. The summed E-state index contributed by atoms with van der Waals surface area (Å²) in [6.07, 6.45) is 6.06. The van der Waals surface area contributed by atoms with Crippen molar-refractivity contribution in [2.75, 3.05) is 5.75 Å². The number of hydrogen-bond donors (Lipinski definition) is 1. The molecule has 3 nitrogen and oxygen atoms in total. The van der Waals surface area contributed by atoms with Crippen LogP contribution in [0, 0.1) is 17.8 Å². The van der Waals surface area contributed by atoms with Gasteiger partial charge in [-0.1, -0.05) is 12.8 Å². The second-order valence-corrected chi connectivity index (χ2v) is 6.13. The Bertz CT molecular complexity index is 273. The van der Waals surface area contributed by atoms with Crippen molar-refractivity contribution >= 4 is 10.1 Å². The van der Waals surface area contributed by atoms with E-state index in [1.807, 2.05) is 0 Å². The smallest absolute Gasteiger partial charge is 0.265 e. The van der Waals surface area contributed by atoms with Crippen LogP contribution in [0.4, 0.5) is 0 Å². The van der Waals surface area contributed by atoms with E-state index in [1.54, 1.807) is 0 Å². The average Bonchev–Trinajstić information content (AvgIpc) is 2.63. The van der Waals surface area contributed by atoms with Crippen LogP contribution in [0.5, 0.6) is 0 Å². The lowest BCUT2D eigenvalue weighted by Gasteiger charge is -2.34. The molecular formula is C9H16O3S. The van der Waals surface area contributed by atoms with Gasteiger partial charge in [-0.15, -0.1) is 0 Å². The average molecular weight is 204 g/mol. The Morgan fingerprint density at radius 3 is 2.15 bits per heavy atom. The lowest BCUT2D eigenvalue weighted by molar-refractivity contribution is 0.191. The van der Waals surface area contributed by atoms with Crippen molar-refractivity contribution in [2.24, 2.45) is 17.8 Å². The maximum Gasteiger partial charge on any atom is 0.265 e. The molecule has 13 heavy (non-hydrogen) atoms. The minimum absolute atomic E-state index is 0.0197. The highest BCUT2D eigenvalue weighted by atomic mass is 32.2. The van der Waals surface area contributed by atoms with Gasteiger partial charge < -0.3 is 0 Å². The lowest BCUT2D eigenvalue weighted by Crippen LogP contribution is -2.29. The van der Waals surface area contributed by atoms with Crippen LogP contribution in [0.2, 0.25) is 0 Å². The fourth-order valence-electron chi connectivity index (χ4n) is 2.33. The van der Waals surface area contributed by atoms with E-state index in [2.05, 4.69) is 0 Å². The largest absolute Gasteiger partial charge is 0.286 e. The van der Waals surface area contributed by atoms with E-state index in [9.17, 15) is 8.42 Å². The third kappa shape index (κ3) is 2.95. The number of hydrogen-bond acceptors (Lipinski definition) is 2. The van der Waals surface area contributed by atoms with E-state index >= 15 is 0 Å². The Balaban J connectivity index is 1.66. The van der Waals surface area contributed by atoms with Crippen molar-refractivity contribution in [3.8, 4) is 0 Å². The maximum absolute atomic E-state index is 10.5. The standard InChI is InChI=1S/C9H16O3S/c10-13(11,12)6-9-4-8(5-9)3-7-1-2-7/h7-9H,1-6H2,(H,10,11,12). The molecule has 0 unspecified atom stereocenters. The van der Waals surface area contributed by atoms with Crippen molar-refractivity contribution in [1.29, 1.82) is 0 Å². The highest BCUT2D eigenvalue weighted by Gasteiger charge is 2.35. The molecule has 2 saturated carbocycles. The molecular weight excluding hydrogens is 188 g/mol. The van der Waals surface area contributed by atoms with E-state index in [4.69, 9.17) is 4.55 Å². The van der Waals surface area contributed by atoms with Gasteiger partial charge in [0, 0.05) is 0 Å². The van der Waals surface area contributed by atoms with Crippen molar-refractivity contribution in [1.82, 2.24) is 0 Å². The Morgan fingerprint density at radius 1 is 1.08 bits per heavy atom. The summed E-state index contributed by atoms with van der Waals surface area (Å²) in [5.41, 5.74) is 0. The van der Waals surface area contributed by atoms with E-state index in [0.29, 0.717) is 0 Å². The second-order valence-electron chi connectivity index (χ2n) is 4.63. The van der Waals surface area contributed by atoms with Crippen molar-refractivity contribution < 1.29 is 13.0 Å². The third-order valence-electron chi connectivity index (χ3n) is 3.14. The molecule has 0 bridgehead atoms. The molecule has 0 radical (unpaired) electrons. The second kappa shape index (κ2) is 3.24. The SMILES string of the molecule is O=S(=O)(O)CC1CC(CC2CC2)C1. The molecule has 76 valence electrons. The Morgan fingerprint density at radius 2 is 1.69 bits per heavy atom. The molecule has 0 heterocycles. The Hall–Kier alpha value is -0.0900. The molecule has 0 aromatic carbocycles. The van der Waals surface area contributed by atoms with Gasteiger partial charge in [-0.05, 0) is 37.0 Å². The quantitative estimate of drug-likeness (QED) is 0.709. The van der Waals surface area contributed by atoms with E-state index in [0.717, 1.165) is 24.7 Å². The van der Waals surface area contributed by atoms with E-state index in [1.165, 1.54) is 19.3 Å². The predicted octanol–water partition coefficient (Wildman–Crippen LogP) is 1.70. The van der Waals surface area contributed by atoms with Gasteiger partial charge in [0.25, 0.3) is 10.1 Å². The zero-order valence-corrected chi connectivity index (χ0v) is 8.46. The Kier molecular flexibility index (Phi) is 2.36. The molecule has 0 spiro atoms. The summed E-state index contributed by atoms with van der Waals surface area (Å²) in [6, 6.07) is 0. The van der Waals surface area contributed by atoms with Crippen molar-refractivity contribution in [2.45, 2.75) is 32.1 Å². The van der Waals surface area contributed by atoms with Crippen LogP contribution in [0.3, 0.4) is 0 Å². The molecule has 2 fully saturated rings. The molecule has 2 aliphatic rings. The molecule has 0 aromatic heterocycles. The summed E-state index contributed by atoms with van der Waals surface area (Å²) in [5, 5.41) is 0. The molecule has 2 rings (SSSR count). The first-order chi connectivity index (χ1) is 6.03. The molecule has 1 N–H and O–H groups in total. The lowest BCUT2D eigenvalue weighted by atomic mass is 9.73. The molecule has 0 atom stereocenters. The fourth-order valence-corrected chi connectivity index (χ4v) is 3.19. The van der Waals surface area contributed by atoms with Crippen LogP contribution >= 0.6 is 0 Å².